The molecule has 0 bridgehead atoms. The molecule has 0 radical (unpaired) electrons. The molecule has 5 heteroatoms. The van der Waals surface area contributed by atoms with Crippen LogP contribution in [0.3, 0.4) is 0 Å². The number of amides is 1. The van der Waals surface area contributed by atoms with E-state index in [1.54, 1.807) is 18.2 Å². The van der Waals surface area contributed by atoms with Crippen LogP contribution >= 0.6 is 0 Å². The number of rotatable bonds is 3. The number of guanidine groups is 1. The minimum Gasteiger partial charge on any atom is -0.340 e. The Morgan fingerprint density at radius 2 is 2.18 bits per heavy atom. The molecule has 17 heavy (non-hydrogen) atoms. The van der Waals surface area contributed by atoms with Crippen molar-refractivity contribution in [1.29, 1.82) is 0 Å². The number of nitrogens with zero attached hydrogens (tertiary/aromatic N) is 1. The summed E-state index contributed by atoms with van der Waals surface area (Å²) >= 11 is 0. The van der Waals surface area contributed by atoms with E-state index in [2.05, 4.69) is 15.6 Å². The molecule has 2 rings (SSSR count). The van der Waals surface area contributed by atoms with Crippen LogP contribution in [0.2, 0.25) is 0 Å². The van der Waals surface area contributed by atoms with Gasteiger partial charge in [0.15, 0.2) is 5.96 Å². The van der Waals surface area contributed by atoms with Gasteiger partial charge in [0, 0.05) is 12.1 Å². The SMILES string of the molecule is CCCN=C1NC(=O)C(c2ccccc2F)N1. The zero-order chi connectivity index (χ0) is 12.3. The van der Waals surface area contributed by atoms with Crippen molar-refractivity contribution in [3.63, 3.8) is 0 Å². The summed E-state index contributed by atoms with van der Waals surface area (Å²) in [5, 5.41) is 5.48. The number of carbonyl (C=O) groups excluding carboxylic acids is 1. The topological polar surface area (TPSA) is 53.5 Å². The molecule has 1 aliphatic rings. The Morgan fingerprint density at radius 3 is 2.88 bits per heavy atom. The molecule has 90 valence electrons. The molecule has 1 heterocycles. The van der Waals surface area contributed by atoms with E-state index < -0.39 is 11.9 Å². The highest BCUT2D eigenvalue weighted by Gasteiger charge is 2.31. The third-order valence-corrected chi connectivity index (χ3v) is 2.49. The fraction of sp³-hybridized carbons (Fsp3) is 0.333. The van der Waals surface area contributed by atoms with E-state index in [9.17, 15) is 9.18 Å². The highest BCUT2D eigenvalue weighted by atomic mass is 19.1. The van der Waals surface area contributed by atoms with E-state index in [0.29, 0.717) is 18.1 Å². The van der Waals surface area contributed by atoms with Crippen LogP contribution in [0.5, 0.6) is 0 Å². The van der Waals surface area contributed by atoms with Crippen LogP contribution in [0, 0.1) is 5.82 Å². The van der Waals surface area contributed by atoms with Crippen molar-refractivity contribution in [2.24, 2.45) is 4.99 Å². The lowest BCUT2D eigenvalue weighted by Crippen LogP contribution is -2.25. The van der Waals surface area contributed by atoms with Gasteiger partial charge in [0.05, 0.1) is 0 Å². The first-order chi connectivity index (χ1) is 8.22. The Kier molecular flexibility index (Phi) is 3.37. The van der Waals surface area contributed by atoms with Gasteiger partial charge in [0.25, 0.3) is 5.91 Å². The van der Waals surface area contributed by atoms with Crippen LogP contribution in [0.15, 0.2) is 29.3 Å². The average Bonchev–Trinajstić information content (AvgIpc) is 2.68. The standard InChI is InChI=1S/C12H14FN3O/c1-2-7-14-12-15-10(11(17)16-12)8-5-3-4-6-9(8)13/h3-6,10H,2,7H2,1H3,(H2,14,15,16,17). The first-order valence-corrected chi connectivity index (χ1v) is 5.58. The zero-order valence-corrected chi connectivity index (χ0v) is 9.53. The lowest BCUT2D eigenvalue weighted by atomic mass is 10.1. The highest BCUT2D eigenvalue weighted by Crippen LogP contribution is 2.19. The molecular formula is C12H14FN3O. The Balaban J connectivity index is 2.19. The highest BCUT2D eigenvalue weighted by molar-refractivity contribution is 6.06. The Hall–Kier alpha value is -1.91. The minimum atomic E-state index is -0.688. The Labute approximate surface area is 98.9 Å². The van der Waals surface area contributed by atoms with Crippen molar-refractivity contribution >= 4 is 11.9 Å². The summed E-state index contributed by atoms with van der Waals surface area (Å²) in [5.41, 5.74) is 0.340. The fourth-order valence-electron chi connectivity index (χ4n) is 1.66. The molecule has 1 fully saturated rings. The Bertz CT molecular complexity index is 459. The third kappa shape index (κ3) is 2.43. The van der Waals surface area contributed by atoms with Gasteiger partial charge in [-0.05, 0) is 12.5 Å². The van der Waals surface area contributed by atoms with E-state index in [-0.39, 0.29) is 5.91 Å². The molecule has 1 amide bonds. The number of hydrogen-bond donors (Lipinski definition) is 2. The first kappa shape index (κ1) is 11.6. The summed E-state index contributed by atoms with van der Waals surface area (Å²) in [4.78, 5) is 15.8. The molecular weight excluding hydrogens is 221 g/mol. The quantitative estimate of drug-likeness (QED) is 0.831. The molecule has 1 aromatic rings. The van der Waals surface area contributed by atoms with Gasteiger partial charge in [0.1, 0.15) is 11.9 Å². The fourth-order valence-corrected chi connectivity index (χ4v) is 1.66. The first-order valence-electron chi connectivity index (χ1n) is 5.58. The van der Waals surface area contributed by atoms with Gasteiger partial charge in [0.2, 0.25) is 0 Å². The van der Waals surface area contributed by atoms with Gasteiger partial charge in [-0.1, -0.05) is 25.1 Å². The summed E-state index contributed by atoms with van der Waals surface area (Å²) in [6.07, 6.45) is 0.894. The lowest BCUT2D eigenvalue weighted by molar-refractivity contribution is -0.120. The number of aliphatic imine (C=N–C) groups is 1. The summed E-state index contributed by atoms with van der Waals surface area (Å²) in [6, 6.07) is 5.54. The van der Waals surface area contributed by atoms with Gasteiger partial charge in [-0.25, -0.2) is 4.39 Å². The van der Waals surface area contributed by atoms with E-state index in [1.165, 1.54) is 6.07 Å². The van der Waals surface area contributed by atoms with E-state index >= 15 is 0 Å². The van der Waals surface area contributed by atoms with Gasteiger partial charge in [-0.2, -0.15) is 0 Å². The molecule has 1 atom stereocenters. The normalized spacial score (nSPS) is 21.4. The van der Waals surface area contributed by atoms with Gasteiger partial charge in [-0.15, -0.1) is 0 Å². The van der Waals surface area contributed by atoms with Gasteiger partial charge >= 0.3 is 0 Å². The minimum absolute atomic E-state index is 0.273. The van der Waals surface area contributed by atoms with Crippen LogP contribution < -0.4 is 10.6 Å². The van der Waals surface area contributed by atoms with E-state index in [0.717, 1.165) is 6.42 Å². The second-order valence-electron chi connectivity index (χ2n) is 3.82. The largest absolute Gasteiger partial charge is 0.340 e. The van der Waals surface area contributed by atoms with Gasteiger partial charge in [-0.3, -0.25) is 15.1 Å². The van der Waals surface area contributed by atoms with Crippen molar-refractivity contribution in [3.8, 4) is 0 Å². The third-order valence-electron chi connectivity index (χ3n) is 2.49. The van der Waals surface area contributed by atoms with Crippen molar-refractivity contribution in [2.45, 2.75) is 19.4 Å². The van der Waals surface area contributed by atoms with Crippen molar-refractivity contribution in [1.82, 2.24) is 10.6 Å². The molecule has 1 aliphatic heterocycles. The smallest absolute Gasteiger partial charge is 0.254 e. The second-order valence-corrected chi connectivity index (χ2v) is 3.82. The Morgan fingerprint density at radius 1 is 1.41 bits per heavy atom. The predicted octanol–water partition coefficient (Wildman–Crippen LogP) is 1.35. The van der Waals surface area contributed by atoms with Crippen molar-refractivity contribution < 1.29 is 9.18 Å². The molecule has 1 unspecified atom stereocenters. The van der Waals surface area contributed by atoms with Crippen LogP contribution in [0.4, 0.5) is 4.39 Å². The number of halogens is 1. The van der Waals surface area contributed by atoms with Crippen LogP contribution in [-0.2, 0) is 4.79 Å². The number of benzene rings is 1. The zero-order valence-electron chi connectivity index (χ0n) is 9.53. The number of carbonyl (C=O) groups is 1. The maximum Gasteiger partial charge on any atom is 0.254 e. The van der Waals surface area contributed by atoms with Crippen molar-refractivity contribution in [2.75, 3.05) is 6.54 Å². The van der Waals surface area contributed by atoms with Crippen LogP contribution in [-0.4, -0.2) is 18.4 Å². The summed E-state index contributed by atoms with van der Waals surface area (Å²) in [6.45, 7) is 2.63. The van der Waals surface area contributed by atoms with E-state index in [4.69, 9.17) is 0 Å². The molecule has 4 nitrogen and oxygen atoms in total. The van der Waals surface area contributed by atoms with Gasteiger partial charge < -0.3 is 5.32 Å². The number of hydrogen-bond acceptors (Lipinski definition) is 2. The second kappa shape index (κ2) is 4.95. The molecule has 1 aromatic carbocycles. The molecule has 1 saturated heterocycles. The number of nitrogens with one attached hydrogen (secondary N) is 2. The summed E-state index contributed by atoms with van der Waals surface area (Å²) < 4.78 is 13.5. The molecule has 0 spiro atoms. The molecule has 2 N–H and O–H groups in total. The lowest BCUT2D eigenvalue weighted by Gasteiger charge is -2.08. The summed E-state index contributed by atoms with van der Waals surface area (Å²) in [5.74, 6) is -0.244. The molecule has 0 saturated carbocycles. The average molecular weight is 235 g/mol. The maximum absolute atomic E-state index is 13.5. The summed E-state index contributed by atoms with van der Waals surface area (Å²) in [7, 11) is 0. The molecule has 0 aliphatic carbocycles. The predicted molar refractivity (Wildman–Crippen MR) is 63.0 cm³/mol. The maximum atomic E-state index is 13.5. The van der Waals surface area contributed by atoms with Crippen LogP contribution in [0.1, 0.15) is 24.9 Å². The monoisotopic (exact) mass is 235 g/mol. The van der Waals surface area contributed by atoms with Crippen LogP contribution in [0.25, 0.3) is 0 Å². The van der Waals surface area contributed by atoms with E-state index in [1.807, 2.05) is 6.92 Å². The van der Waals surface area contributed by atoms with Crippen molar-refractivity contribution in [3.05, 3.63) is 35.6 Å². The molecule has 0 aromatic heterocycles.